The maximum absolute atomic E-state index is 12.1. The Kier molecular flexibility index (Phi) is 5.13. The number of ether oxygens (including phenoxy) is 1. The monoisotopic (exact) mass is 290 g/mol. The summed E-state index contributed by atoms with van der Waals surface area (Å²) in [7, 11) is 3.06. The summed E-state index contributed by atoms with van der Waals surface area (Å²) in [6, 6.07) is 13.7. The van der Waals surface area contributed by atoms with Crippen LogP contribution < -0.4 is 19.9 Å². The van der Waals surface area contributed by atoms with E-state index in [0.717, 1.165) is 5.56 Å². The summed E-state index contributed by atoms with van der Waals surface area (Å²) in [5.41, 5.74) is 1.21. The minimum atomic E-state index is -0.464. The number of hydrogen-bond acceptors (Lipinski definition) is 4. The molecule has 0 aromatic heterocycles. The van der Waals surface area contributed by atoms with Gasteiger partial charge in [-0.2, -0.15) is 0 Å². The zero-order valence-electron chi connectivity index (χ0n) is 12.0. The Morgan fingerprint density at radius 1 is 1.00 bits per heavy atom. The molecule has 6 heteroatoms. The lowest BCUT2D eigenvalue weighted by molar-refractivity contribution is -0.963. The van der Waals surface area contributed by atoms with Crippen molar-refractivity contribution in [2.45, 2.75) is 6.54 Å². The van der Waals surface area contributed by atoms with E-state index in [2.05, 4.69) is 0 Å². The molecule has 6 nitrogen and oxygen atoms in total. The predicted octanol–water partition coefficient (Wildman–Crippen LogP) is 0.216. The van der Waals surface area contributed by atoms with Crippen LogP contribution in [-0.2, 0) is 6.54 Å². The second-order valence-electron chi connectivity index (χ2n) is 4.65. The fraction of sp³-hybridized carbons (Fsp3) is 0.200. The molecule has 0 spiro atoms. The van der Waals surface area contributed by atoms with E-state index in [1.807, 2.05) is 6.07 Å². The van der Waals surface area contributed by atoms with Crippen molar-refractivity contribution in [2.24, 2.45) is 0 Å². The number of methoxy groups -OCH3 is 1. The minimum Gasteiger partial charge on any atom is -0.634 e. The van der Waals surface area contributed by atoms with Crippen LogP contribution >= 0.6 is 0 Å². The first-order valence-electron chi connectivity index (χ1n) is 6.53. The summed E-state index contributed by atoms with van der Waals surface area (Å²) in [4.78, 5) is 5.30. The molecule has 0 aliphatic rings. The highest BCUT2D eigenvalue weighted by Crippen LogP contribution is 2.18. The number of benzene rings is 2. The third-order valence-corrected chi connectivity index (χ3v) is 2.87. The lowest BCUT2D eigenvalue weighted by atomic mass is 10.2. The Morgan fingerprint density at radius 3 is 2.43 bits per heavy atom. The molecule has 0 saturated heterocycles. The molecular weight excluding hydrogens is 272 g/mol. The van der Waals surface area contributed by atoms with E-state index in [9.17, 15) is 10.4 Å². The normalized spacial score (nSPS) is 13.5. The van der Waals surface area contributed by atoms with E-state index in [1.165, 1.54) is 7.05 Å². The Balaban J connectivity index is 2.10. The van der Waals surface area contributed by atoms with E-state index < -0.39 is 5.23 Å². The van der Waals surface area contributed by atoms with Gasteiger partial charge in [0.2, 0.25) is 0 Å². The van der Waals surface area contributed by atoms with Crippen LogP contribution in [-0.4, -0.2) is 14.2 Å². The number of quaternary nitrogens is 2. The first-order valence-corrected chi connectivity index (χ1v) is 6.53. The molecule has 0 amide bonds. The average molecular weight is 290 g/mol. The van der Waals surface area contributed by atoms with Crippen LogP contribution in [0.1, 0.15) is 5.56 Å². The van der Waals surface area contributed by atoms with Crippen molar-refractivity contribution in [1.82, 2.24) is 0 Å². The van der Waals surface area contributed by atoms with Gasteiger partial charge in [0.15, 0.2) is 11.4 Å². The molecule has 2 aromatic rings. The van der Waals surface area contributed by atoms with Crippen LogP contribution in [0.15, 0.2) is 48.5 Å². The smallest absolute Gasteiger partial charge is 0.194 e. The minimum absolute atomic E-state index is 0.0494. The van der Waals surface area contributed by atoms with E-state index in [1.54, 1.807) is 49.6 Å². The molecule has 0 radical (unpaired) electrons. The van der Waals surface area contributed by atoms with Crippen molar-refractivity contribution in [2.75, 3.05) is 14.2 Å². The molecule has 0 heterocycles. The molecule has 0 saturated carbocycles. The van der Waals surface area contributed by atoms with Gasteiger partial charge in [-0.3, -0.25) is 0 Å². The lowest BCUT2D eigenvalue weighted by Gasteiger charge is -2.21. The van der Waals surface area contributed by atoms with E-state index in [-0.39, 0.29) is 5.06 Å². The van der Waals surface area contributed by atoms with Crippen LogP contribution in [0.3, 0.4) is 0 Å². The fourth-order valence-electron chi connectivity index (χ4n) is 1.93. The molecule has 2 aromatic carbocycles. The van der Waals surface area contributed by atoms with E-state index in [0.29, 0.717) is 23.7 Å². The van der Waals surface area contributed by atoms with Gasteiger partial charge in [-0.25, -0.2) is 0 Å². The molecule has 112 valence electrons. The predicted molar refractivity (Wildman–Crippen MR) is 78.0 cm³/mol. The van der Waals surface area contributed by atoms with Gasteiger partial charge in [0.05, 0.1) is 14.2 Å². The zero-order chi connectivity index (χ0) is 15.2. The molecule has 0 aliphatic heterocycles. The summed E-state index contributed by atoms with van der Waals surface area (Å²) in [6.45, 7) is 0.306. The average Bonchev–Trinajstić information content (AvgIpc) is 2.47. The highest BCUT2D eigenvalue weighted by Gasteiger charge is 2.08. The Labute approximate surface area is 123 Å². The summed E-state index contributed by atoms with van der Waals surface area (Å²) in [6.07, 6.45) is 0. The summed E-state index contributed by atoms with van der Waals surface area (Å²) in [5, 5.41) is 22.8. The fourth-order valence-corrected chi connectivity index (χ4v) is 1.93. The summed E-state index contributed by atoms with van der Waals surface area (Å²) >= 11 is 0. The maximum atomic E-state index is 12.1. The second kappa shape index (κ2) is 7.05. The first kappa shape index (κ1) is 15.3. The van der Waals surface area contributed by atoms with Gasteiger partial charge in [-0.05, 0) is 12.1 Å². The largest absolute Gasteiger partial charge is 0.634 e. The van der Waals surface area contributed by atoms with Crippen molar-refractivity contribution < 1.29 is 19.9 Å². The number of hydroxylamine groups is 2. The molecule has 0 aliphatic carbocycles. The Bertz CT molecular complexity index is 589. The molecule has 2 rings (SSSR count). The van der Waals surface area contributed by atoms with Gasteiger partial charge in [0.25, 0.3) is 0 Å². The van der Waals surface area contributed by atoms with Gasteiger partial charge in [-0.15, -0.1) is 5.23 Å². The molecule has 0 fully saturated rings. The van der Waals surface area contributed by atoms with Crippen molar-refractivity contribution in [1.29, 1.82) is 0 Å². The van der Waals surface area contributed by atoms with Gasteiger partial charge >= 0.3 is 0 Å². The molecular formula is C15H18N2O4. The van der Waals surface area contributed by atoms with Crippen molar-refractivity contribution in [3.8, 4) is 11.5 Å². The summed E-state index contributed by atoms with van der Waals surface area (Å²) < 4.78 is 5.08. The van der Waals surface area contributed by atoms with Gasteiger partial charge < -0.3 is 25.1 Å². The van der Waals surface area contributed by atoms with Crippen LogP contribution in [0.4, 0.5) is 5.69 Å². The van der Waals surface area contributed by atoms with Gasteiger partial charge in [0.1, 0.15) is 12.3 Å². The van der Waals surface area contributed by atoms with Gasteiger partial charge in [-0.1, -0.05) is 18.2 Å². The van der Waals surface area contributed by atoms with E-state index >= 15 is 0 Å². The molecule has 0 bridgehead atoms. The van der Waals surface area contributed by atoms with Crippen molar-refractivity contribution >= 4 is 5.69 Å². The third kappa shape index (κ3) is 4.44. The highest BCUT2D eigenvalue weighted by molar-refractivity contribution is 5.35. The number of rotatable bonds is 6. The number of nitrogens with one attached hydrogen (secondary N) is 2. The Morgan fingerprint density at radius 2 is 1.71 bits per heavy atom. The lowest BCUT2D eigenvalue weighted by Crippen LogP contribution is -3.04. The molecule has 2 atom stereocenters. The Hall–Kier alpha value is -2.12. The maximum Gasteiger partial charge on any atom is 0.194 e. The SMILES string of the molecule is COc1cccc(O[NH+]([O-])c2cccc(C[NH+](C)[O-])c2)c1. The van der Waals surface area contributed by atoms with Gasteiger partial charge in [0, 0.05) is 23.8 Å². The zero-order valence-corrected chi connectivity index (χ0v) is 12.0. The second-order valence-corrected chi connectivity index (χ2v) is 4.65. The summed E-state index contributed by atoms with van der Waals surface area (Å²) in [5.74, 6) is 1.03. The third-order valence-electron chi connectivity index (χ3n) is 2.87. The van der Waals surface area contributed by atoms with E-state index in [4.69, 9.17) is 9.57 Å². The first-order chi connectivity index (χ1) is 10.1. The van der Waals surface area contributed by atoms with Crippen LogP contribution in [0.25, 0.3) is 0 Å². The molecule has 21 heavy (non-hydrogen) atoms. The quantitative estimate of drug-likeness (QED) is 0.746. The van der Waals surface area contributed by atoms with Crippen LogP contribution in [0.2, 0.25) is 0 Å². The van der Waals surface area contributed by atoms with Crippen LogP contribution in [0.5, 0.6) is 11.5 Å². The standard InChI is InChI=1S/C15H18N2O4/c1-16(18)11-12-5-3-6-13(9-12)17(19)21-15-8-4-7-14(10-15)20-2/h3-10,16-17H,11H2,1-2H3. The molecule has 2 unspecified atom stereocenters. The van der Waals surface area contributed by atoms with Crippen molar-refractivity contribution in [3.05, 3.63) is 64.5 Å². The topological polar surface area (TPSA) is 73.5 Å². The van der Waals surface area contributed by atoms with Crippen LogP contribution in [0, 0.1) is 10.4 Å². The molecule has 2 N–H and O–H groups in total. The number of hydrogen-bond donors (Lipinski definition) is 2. The van der Waals surface area contributed by atoms with Crippen molar-refractivity contribution in [3.63, 3.8) is 0 Å². The highest BCUT2D eigenvalue weighted by atomic mass is 16.9.